The molecule has 1 rings (SSSR count). The molecule has 72 valence electrons. The summed E-state index contributed by atoms with van der Waals surface area (Å²) in [7, 11) is 0. The van der Waals surface area contributed by atoms with Gasteiger partial charge in [-0.25, -0.2) is 4.39 Å². The SMILES string of the molecule is CC(C)(F)C1(CO)CCCCC1. The van der Waals surface area contributed by atoms with Crippen molar-refractivity contribution in [2.45, 2.75) is 51.6 Å². The van der Waals surface area contributed by atoms with E-state index in [0.29, 0.717) is 0 Å². The number of hydrogen-bond donors (Lipinski definition) is 1. The van der Waals surface area contributed by atoms with Gasteiger partial charge in [0.15, 0.2) is 0 Å². The largest absolute Gasteiger partial charge is 0.396 e. The molecule has 1 aliphatic carbocycles. The Labute approximate surface area is 74.0 Å². The quantitative estimate of drug-likeness (QED) is 0.682. The lowest BCUT2D eigenvalue weighted by Gasteiger charge is -2.43. The Balaban J connectivity index is 2.73. The minimum Gasteiger partial charge on any atom is -0.396 e. The number of alkyl halides is 1. The summed E-state index contributed by atoms with van der Waals surface area (Å²) >= 11 is 0. The van der Waals surface area contributed by atoms with E-state index in [9.17, 15) is 9.50 Å². The molecular formula is C10H19FO. The highest BCUT2D eigenvalue weighted by Crippen LogP contribution is 2.46. The summed E-state index contributed by atoms with van der Waals surface area (Å²) in [5.41, 5.74) is -1.69. The van der Waals surface area contributed by atoms with Gasteiger partial charge in [0.2, 0.25) is 0 Å². The fourth-order valence-corrected chi connectivity index (χ4v) is 2.17. The molecule has 0 amide bonds. The Hall–Kier alpha value is -0.110. The highest BCUT2D eigenvalue weighted by atomic mass is 19.1. The molecule has 1 fully saturated rings. The average Bonchev–Trinajstić information content (AvgIpc) is 2.04. The van der Waals surface area contributed by atoms with Crippen molar-refractivity contribution < 1.29 is 9.50 Å². The smallest absolute Gasteiger partial charge is 0.113 e. The van der Waals surface area contributed by atoms with Crippen LogP contribution in [-0.4, -0.2) is 17.4 Å². The van der Waals surface area contributed by atoms with E-state index in [1.165, 1.54) is 6.42 Å². The first-order valence-electron chi connectivity index (χ1n) is 4.82. The second-order valence-corrected chi connectivity index (χ2v) is 4.47. The van der Waals surface area contributed by atoms with Gasteiger partial charge in [-0.15, -0.1) is 0 Å². The third kappa shape index (κ3) is 1.63. The summed E-state index contributed by atoms with van der Waals surface area (Å²) in [6.45, 7) is 3.18. The highest BCUT2D eigenvalue weighted by molar-refractivity contribution is 4.94. The fraction of sp³-hybridized carbons (Fsp3) is 1.00. The molecule has 0 spiro atoms. The number of aliphatic hydroxyl groups excluding tert-OH is 1. The molecule has 0 bridgehead atoms. The summed E-state index contributed by atoms with van der Waals surface area (Å²) in [5, 5.41) is 9.24. The summed E-state index contributed by atoms with van der Waals surface area (Å²) < 4.78 is 13.8. The van der Waals surface area contributed by atoms with Crippen molar-refractivity contribution in [1.82, 2.24) is 0 Å². The van der Waals surface area contributed by atoms with Crippen molar-refractivity contribution in [2.24, 2.45) is 5.41 Å². The van der Waals surface area contributed by atoms with Gasteiger partial charge in [0.25, 0.3) is 0 Å². The minimum absolute atomic E-state index is 0.00347. The van der Waals surface area contributed by atoms with Gasteiger partial charge < -0.3 is 5.11 Å². The zero-order valence-corrected chi connectivity index (χ0v) is 8.07. The lowest BCUT2D eigenvalue weighted by atomic mass is 9.66. The Morgan fingerprint density at radius 2 is 1.75 bits per heavy atom. The van der Waals surface area contributed by atoms with Crippen LogP contribution in [0.4, 0.5) is 4.39 Å². The lowest BCUT2D eigenvalue weighted by molar-refractivity contribution is -0.0504. The van der Waals surface area contributed by atoms with E-state index in [0.717, 1.165) is 25.7 Å². The predicted octanol–water partition coefficient (Wildman–Crippen LogP) is 2.68. The zero-order chi connectivity index (χ0) is 9.24. The van der Waals surface area contributed by atoms with Gasteiger partial charge in [0, 0.05) is 5.41 Å². The predicted molar refractivity (Wildman–Crippen MR) is 47.8 cm³/mol. The maximum Gasteiger partial charge on any atom is 0.113 e. The molecule has 0 saturated heterocycles. The lowest BCUT2D eigenvalue weighted by Crippen LogP contribution is -2.44. The summed E-state index contributed by atoms with van der Waals surface area (Å²) in [4.78, 5) is 0. The Morgan fingerprint density at radius 1 is 1.25 bits per heavy atom. The van der Waals surface area contributed by atoms with E-state index >= 15 is 0 Å². The van der Waals surface area contributed by atoms with E-state index in [1.807, 2.05) is 0 Å². The molecule has 0 aliphatic heterocycles. The van der Waals surface area contributed by atoms with Crippen LogP contribution in [0.2, 0.25) is 0 Å². The van der Waals surface area contributed by atoms with Gasteiger partial charge in [0.05, 0.1) is 6.61 Å². The van der Waals surface area contributed by atoms with Crippen LogP contribution in [0.5, 0.6) is 0 Å². The summed E-state index contributed by atoms with van der Waals surface area (Å²) in [6, 6.07) is 0. The Bertz CT molecular complexity index is 142. The molecule has 0 heterocycles. The van der Waals surface area contributed by atoms with Crippen LogP contribution in [-0.2, 0) is 0 Å². The van der Waals surface area contributed by atoms with Crippen LogP contribution in [0.3, 0.4) is 0 Å². The van der Waals surface area contributed by atoms with Crippen molar-refractivity contribution >= 4 is 0 Å². The first kappa shape index (κ1) is 9.97. The van der Waals surface area contributed by atoms with Crippen molar-refractivity contribution in [3.05, 3.63) is 0 Å². The van der Waals surface area contributed by atoms with Crippen LogP contribution in [0, 0.1) is 5.41 Å². The molecule has 12 heavy (non-hydrogen) atoms. The van der Waals surface area contributed by atoms with Gasteiger partial charge in [-0.3, -0.25) is 0 Å². The molecule has 2 heteroatoms. The molecule has 0 aromatic rings. The number of hydrogen-bond acceptors (Lipinski definition) is 1. The van der Waals surface area contributed by atoms with E-state index in [-0.39, 0.29) is 6.61 Å². The maximum absolute atomic E-state index is 13.8. The zero-order valence-electron chi connectivity index (χ0n) is 8.07. The maximum atomic E-state index is 13.8. The first-order chi connectivity index (χ1) is 5.52. The Morgan fingerprint density at radius 3 is 2.00 bits per heavy atom. The molecule has 0 unspecified atom stereocenters. The molecule has 1 N–H and O–H groups in total. The molecule has 1 saturated carbocycles. The molecule has 0 radical (unpaired) electrons. The molecule has 1 nitrogen and oxygen atoms in total. The molecular weight excluding hydrogens is 155 g/mol. The monoisotopic (exact) mass is 174 g/mol. The third-order valence-electron chi connectivity index (χ3n) is 3.37. The minimum atomic E-state index is -1.23. The van der Waals surface area contributed by atoms with Gasteiger partial charge in [0.1, 0.15) is 5.67 Å². The number of aliphatic hydroxyl groups is 1. The Kier molecular flexibility index (Phi) is 2.77. The van der Waals surface area contributed by atoms with Crippen LogP contribution < -0.4 is 0 Å². The van der Waals surface area contributed by atoms with Crippen LogP contribution in [0.25, 0.3) is 0 Å². The molecule has 0 aromatic carbocycles. The molecule has 0 aromatic heterocycles. The van der Waals surface area contributed by atoms with E-state index in [4.69, 9.17) is 0 Å². The second-order valence-electron chi connectivity index (χ2n) is 4.47. The summed E-state index contributed by atoms with van der Waals surface area (Å²) in [5.74, 6) is 0. The van der Waals surface area contributed by atoms with Gasteiger partial charge in [-0.2, -0.15) is 0 Å². The van der Waals surface area contributed by atoms with E-state index < -0.39 is 11.1 Å². The van der Waals surface area contributed by atoms with E-state index in [2.05, 4.69) is 0 Å². The normalized spacial score (nSPS) is 24.0. The van der Waals surface area contributed by atoms with Crippen LogP contribution in [0.1, 0.15) is 46.0 Å². The number of halogens is 1. The van der Waals surface area contributed by atoms with Gasteiger partial charge in [-0.05, 0) is 26.7 Å². The van der Waals surface area contributed by atoms with Gasteiger partial charge >= 0.3 is 0 Å². The van der Waals surface area contributed by atoms with Crippen molar-refractivity contribution in [2.75, 3.05) is 6.61 Å². The third-order valence-corrected chi connectivity index (χ3v) is 3.37. The van der Waals surface area contributed by atoms with Gasteiger partial charge in [-0.1, -0.05) is 19.3 Å². The fourth-order valence-electron chi connectivity index (χ4n) is 2.17. The molecule has 1 aliphatic rings. The van der Waals surface area contributed by atoms with Crippen molar-refractivity contribution in [3.63, 3.8) is 0 Å². The topological polar surface area (TPSA) is 20.2 Å². The highest BCUT2D eigenvalue weighted by Gasteiger charge is 2.45. The van der Waals surface area contributed by atoms with E-state index in [1.54, 1.807) is 13.8 Å². The van der Waals surface area contributed by atoms with Crippen molar-refractivity contribution in [1.29, 1.82) is 0 Å². The average molecular weight is 174 g/mol. The molecule has 0 atom stereocenters. The number of rotatable bonds is 2. The van der Waals surface area contributed by atoms with Crippen LogP contribution >= 0.6 is 0 Å². The first-order valence-corrected chi connectivity index (χ1v) is 4.82. The standard InChI is InChI=1S/C10H19FO/c1-9(2,11)10(8-12)6-4-3-5-7-10/h12H,3-8H2,1-2H3. The summed E-state index contributed by atoms with van der Waals surface area (Å²) in [6.07, 6.45) is 5.00. The second kappa shape index (κ2) is 3.33. The van der Waals surface area contributed by atoms with Crippen LogP contribution in [0.15, 0.2) is 0 Å². The van der Waals surface area contributed by atoms with Crippen molar-refractivity contribution in [3.8, 4) is 0 Å².